The van der Waals surface area contributed by atoms with Crippen molar-refractivity contribution in [2.75, 3.05) is 24.8 Å². The van der Waals surface area contributed by atoms with Gasteiger partial charge in [0.05, 0.1) is 12.5 Å². The maximum Gasteiger partial charge on any atom is 0.231 e. The Morgan fingerprint density at radius 2 is 1.84 bits per heavy atom. The molecule has 4 heterocycles. The molecule has 0 atom stereocenters. The molecule has 0 aliphatic carbocycles. The monoisotopic (exact) mass is 417 g/mol. The summed E-state index contributed by atoms with van der Waals surface area (Å²) >= 11 is 0. The highest BCUT2D eigenvalue weighted by molar-refractivity contribution is 5.60. The molecule has 0 fully saturated rings. The highest BCUT2D eigenvalue weighted by Crippen LogP contribution is 2.33. The van der Waals surface area contributed by atoms with Crippen LogP contribution in [0.25, 0.3) is 11.3 Å². The molecule has 31 heavy (non-hydrogen) atoms. The Bertz CT molecular complexity index is 1080. The van der Waals surface area contributed by atoms with Crippen molar-refractivity contribution in [1.29, 1.82) is 0 Å². The van der Waals surface area contributed by atoms with Gasteiger partial charge in [-0.2, -0.15) is 0 Å². The van der Waals surface area contributed by atoms with Gasteiger partial charge in [0.2, 0.25) is 12.7 Å². The number of hydrogen-bond acceptors (Lipinski definition) is 7. The van der Waals surface area contributed by atoms with E-state index in [-0.39, 0.29) is 6.79 Å². The first-order chi connectivity index (χ1) is 15.3. The second kappa shape index (κ2) is 8.87. The van der Waals surface area contributed by atoms with Gasteiger partial charge in [-0.1, -0.05) is 23.4 Å². The van der Waals surface area contributed by atoms with E-state index in [0.29, 0.717) is 6.54 Å². The van der Waals surface area contributed by atoms with Crippen molar-refractivity contribution < 1.29 is 18.4 Å². The van der Waals surface area contributed by atoms with Crippen LogP contribution in [-0.4, -0.2) is 29.9 Å². The topological polar surface area (TPSA) is 64.1 Å². The number of ether oxygens (including phenoxy) is 2. The Morgan fingerprint density at radius 3 is 2.68 bits per heavy atom. The minimum atomic E-state index is 0.268. The van der Waals surface area contributed by atoms with Crippen LogP contribution in [0.2, 0.25) is 0 Å². The van der Waals surface area contributed by atoms with Crippen LogP contribution < -0.4 is 14.4 Å². The minimum Gasteiger partial charge on any atom is -0.472 e. The smallest absolute Gasteiger partial charge is 0.231 e. The van der Waals surface area contributed by atoms with Crippen LogP contribution in [0.4, 0.5) is 5.88 Å². The summed E-state index contributed by atoms with van der Waals surface area (Å²) in [6.45, 7) is 2.64. The average molecular weight is 417 g/mol. The molecular formula is C24H23N3O4. The Labute approximate surface area is 180 Å². The summed E-state index contributed by atoms with van der Waals surface area (Å²) in [7, 11) is 0. The van der Waals surface area contributed by atoms with Gasteiger partial charge in [-0.3, -0.25) is 0 Å². The van der Waals surface area contributed by atoms with Crippen molar-refractivity contribution in [3.05, 3.63) is 85.1 Å². The lowest BCUT2D eigenvalue weighted by atomic mass is 10.1. The molecular weight excluding hydrogens is 394 g/mol. The minimum absolute atomic E-state index is 0.268. The van der Waals surface area contributed by atoms with Crippen molar-refractivity contribution in [3.63, 3.8) is 0 Å². The highest BCUT2D eigenvalue weighted by Gasteiger charge is 2.18. The lowest BCUT2D eigenvalue weighted by Gasteiger charge is -2.23. The third-order valence-corrected chi connectivity index (χ3v) is 5.17. The van der Waals surface area contributed by atoms with Crippen LogP contribution in [0.3, 0.4) is 0 Å². The third kappa shape index (κ3) is 4.50. The first kappa shape index (κ1) is 19.1. The predicted molar refractivity (Wildman–Crippen MR) is 117 cm³/mol. The molecule has 0 saturated carbocycles. The second-order valence-electron chi connectivity index (χ2n) is 7.33. The normalized spacial score (nSPS) is 14.3. The van der Waals surface area contributed by atoms with Gasteiger partial charge in [0.25, 0.3) is 0 Å². The Balaban J connectivity index is 1.32. The SMILES string of the molecule is C1=CC=CN(CCCN(Cc2ccc3c(c2)OCO3)c2cc(-c3ccoc3)no2)C=C1. The van der Waals surface area contributed by atoms with Crippen molar-refractivity contribution in [3.8, 4) is 22.8 Å². The molecule has 3 aromatic rings. The maximum absolute atomic E-state index is 5.70. The van der Waals surface area contributed by atoms with E-state index in [1.807, 2.05) is 48.6 Å². The number of benzene rings is 1. The predicted octanol–water partition coefficient (Wildman–Crippen LogP) is 4.96. The molecule has 7 heteroatoms. The summed E-state index contributed by atoms with van der Waals surface area (Å²) in [5.41, 5.74) is 2.76. The van der Waals surface area contributed by atoms with Crippen molar-refractivity contribution in [1.82, 2.24) is 10.1 Å². The van der Waals surface area contributed by atoms with Crippen LogP contribution in [-0.2, 0) is 6.54 Å². The van der Waals surface area contributed by atoms with Gasteiger partial charge < -0.3 is 28.2 Å². The molecule has 0 bridgehead atoms. The molecule has 2 aliphatic heterocycles. The van der Waals surface area contributed by atoms with E-state index >= 15 is 0 Å². The van der Waals surface area contributed by atoms with E-state index in [4.69, 9.17) is 18.4 Å². The van der Waals surface area contributed by atoms with Gasteiger partial charge in [0, 0.05) is 43.7 Å². The number of fused-ring (bicyclic) bond motifs is 1. The van der Waals surface area contributed by atoms with E-state index in [1.165, 1.54) is 0 Å². The summed E-state index contributed by atoms with van der Waals surface area (Å²) in [5.74, 6) is 2.28. The third-order valence-electron chi connectivity index (χ3n) is 5.17. The van der Waals surface area contributed by atoms with E-state index < -0.39 is 0 Å². The largest absolute Gasteiger partial charge is 0.472 e. The maximum atomic E-state index is 5.70. The lowest BCUT2D eigenvalue weighted by Crippen LogP contribution is -2.26. The van der Waals surface area contributed by atoms with E-state index in [2.05, 4.69) is 33.4 Å². The molecule has 0 amide bonds. The van der Waals surface area contributed by atoms with E-state index in [0.717, 1.165) is 53.7 Å². The number of anilines is 1. The second-order valence-corrected chi connectivity index (χ2v) is 7.33. The molecule has 0 saturated heterocycles. The van der Waals surface area contributed by atoms with Gasteiger partial charge in [0.15, 0.2) is 11.5 Å². The van der Waals surface area contributed by atoms with Gasteiger partial charge in [0.1, 0.15) is 5.69 Å². The van der Waals surface area contributed by atoms with E-state index in [1.54, 1.807) is 12.5 Å². The zero-order valence-corrected chi connectivity index (χ0v) is 17.0. The fourth-order valence-corrected chi connectivity index (χ4v) is 3.58. The van der Waals surface area contributed by atoms with Gasteiger partial charge in [-0.15, -0.1) is 0 Å². The molecule has 2 aromatic heterocycles. The Hall–Kier alpha value is -3.87. The zero-order chi connectivity index (χ0) is 20.9. The molecule has 7 nitrogen and oxygen atoms in total. The van der Waals surface area contributed by atoms with Gasteiger partial charge in [-0.25, -0.2) is 0 Å². The molecule has 0 unspecified atom stereocenters. The summed E-state index contributed by atoms with van der Waals surface area (Å²) in [5, 5.41) is 4.23. The average Bonchev–Trinajstić information content (AvgIpc) is 3.53. The number of hydrogen-bond donors (Lipinski definition) is 0. The molecule has 158 valence electrons. The number of rotatable bonds is 8. The van der Waals surface area contributed by atoms with Crippen LogP contribution in [0.1, 0.15) is 12.0 Å². The standard InChI is InChI=1S/C24H23N3O4/c1-2-4-10-26(9-3-1)11-5-12-27(16-19-6-7-22-23(14-19)30-18-29-22)24-15-21(25-31-24)20-8-13-28-17-20/h1-4,6-10,13-15,17H,5,11-12,16,18H2. The molecule has 0 spiro atoms. The van der Waals surface area contributed by atoms with Crippen molar-refractivity contribution >= 4 is 5.88 Å². The van der Waals surface area contributed by atoms with Crippen LogP contribution >= 0.6 is 0 Å². The quantitative estimate of drug-likeness (QED) is 0.513. The first-order valence-corrected chi connectivity index (χ1v) is 10.3. The Kier molecular flexibility index (Phi) is 5.47. The number of aromatic nitrogens is 1. The number of furan rings is 1. The highest BCUT2D eigenvalue weighted by atomic mass is 16.7. The summed E-state index contributed by atoms with van der Waals surface area (Å²) in [6.07, 6.45) is 16.5. The molecule has 0 radical (unpaired) electrons. The summed E-state index contributed by atoms with van der Waals surface area (Å²) in [6, 6.07) is 9.85. The molecule has 2 aliphatic rings. The van der Waals surface area contributed by atoms with Crippen LogP contribution in [0.15, 0.2) is 88.5 Å². The first-order valence-electron chi connectivity index (χ1n) is 10.3. The van der Waals surface area contributed by atoms with Gasteiger partial charge >= 0.3 is 0 Å². The summed E-state index contributed by atoms with van der Waals surface area (Å²) < 4.78 is 21.8. The summed E-state index contributed by atoms with van der Waals surface area (Å²) in [4.78, 5) is 4.37. The van der Waals surface area contributed by atoms with Crippen molar-refractivity contribution in [2.24, 2.45) is 0 Å². The Morgan fingerprint density at radius 1 is 0.968 bits per heavy atom. The van der Waals surface area contributed by atoms with Crippen molar-refractivity contribution in [2.45, 2.75) is 13.0 Å². The van der Waals surface area contributed by atoms with Crippen LogP contribution in [0, 0.1) is 0 Å². The zero-order valence-electron chi connectivity index (χ0n) is 17.0. The lowest BCUT2D eigenvalue weighted by molar-refractivity contribution is 0.174. The fourth-order valence-electron chi connectivity index (χ4n) is 3.58. The molecule has 0 N–H and O–H groups in total. The van der Waals surface area contributed by atoms with E-state index in [9.17, 15) is 0 Å². The van der Waals surface area contributed by atoms with Crippen LogP contribution in [0.5, 0.6) is 11.5 Å². The molecule has 5 rings (SSSR count). The number of allylic oxidation sites excluding steroid dienone is 4. The fraction of sp³-hybridized carbons (Fsp3) is 0.208. The van der Waals surface area contributed by atoms with Gasteiger partial charge in [-0.05, 0) is 42.3 Å². The molecule has 1 aromatic carbocycles. The number of nitrogens with zero attached hydrogens (tertiary/aromatic N) is 3.